The van der Waals surface area contributed by atoms with Crippen LogP contribution in [0.15, 0.2) is 78.9 Å². The van der Waals surface area contributed by atoms with Crippen molar-refractivity contribution in [3.05, 3.63) is 95.0 Å². The number of hydrogen-bond donors (Lipinski definition) is 2. The van der Waals surface area contributed by atoms with Gasteiger partial charge in [0.25, 0.3) is 0 Å². The Morgan fingerprint density at radius 3 is 2.17 bits per heavy atom. The second-order valence-electron chi connectivity index (χ2n) is 11.4. The fourth-order valence-electron chi connectivity index (χ4n) is 5.45. The summed E-state index contributed by atoms with van der Waals surface area (Å²) in [5.41, 5.74) is 5.13. The van der Waals surface area contributed by atoms with Gasteiger partial charge in [-0.2, -0.15) is 0 Å². The smallest absolute Gasteiger partial charge is 0.407 e. The first-order chi connectivity index (χ1) is 20.2. The molecule has 5 rings (SSSR count). The second kappa shape index (κ2) is 12.7. The molecule has 0 radical (unpaired) electrons. The molecule has 1 atom stereocenters. The number of nitrogens with zero attached hydrogens (tertiary/aromatic N) is 3. The van der Waals surface area contributed by atoms with Gasteiger partial charge in [-0.05, 0) is 62.3 Å². The fourth-order valence-corrected chi connectivity index (χ4v) is 6.38. The van der Waals surface area contributed by atoms with E-state index in [0.29, 0.717) is 30.8 Å². The normalized spacial score (nSPS) is 13.2. The molecule has 1 unspecified atom stereocenters. The lowest BCUT2D eigenvalue weighted by Gasteiger charge is -2.33. The van der Waals surface area contributed by atoms with E-state index >= 15 is 0 Å². The van der Waals surface area contributed by atoms with E-state index in [-0.39, 0.29) is 12.5 Å². The lowest BCUT2D eigenvalue weighted by molar-refractivity contribution is 0.0988. The number of carboxylic acid groups (broad SMARTS) is 1. The SMILES string of the molecule is CC(C)(C)N(CCCCC(NC(=O)OCC1c2ccccc2-c2ccccc21)c1nnc(-c2ccccc2)s1)C(=O)O. The zero-order valence-corrected chi connectivity index (χ0v) is 24.9. The second-order valence-corrected chi connectivity index (χ2v) is 12.4. The Bertz CT molecular complexity index is 1490. The molecule has 0 fully saturated rings. The number of alkyl carbamates (subject to hydrolysis) is 1. The minimum Gasteiger partial charge on any atom is -0.465 e. The lowest BCUT2D eigenvalue weighted by atomic mass is 9.98. The Morgan fingerprint density at radius 1 is 0.929 bits per heavy atom. The summed E-state index contributed by atoms with van der Waals surface area (Å²) in [7, 11) is 0. The van der Waals surface area contributed by atoms with Gasteiger partial charge in [0.15, 0.2) is 0 Å². The monoisotopic (exact) mass is 584 g/mol. The van der Waals surface area contributed by atoms with Crippen molar-refractivity contribution in [2.45, 2.75) is 57.5 Å². The van der Waals surface area contributed by atoms with Crippen molar-refractivity contribution in [2.24, 2.45) is 0 Å². The minimum atomic E-state index is -0.938. The van der Waals surface area contributed by atoms with Crippen LogP contribution < -0.4 is 5.32 Å². The Kier molecular flexibility index (Phi) is 8.87. The first-order valence-electron chi connectivity index (χ1n) is 14.2. The average Bonchev–Trinajstić information content (AvgIpc) is 3.59. The molecular formula is C33H36N4O4S. The number of carbonyl (C=O) groups is 2. The maximum absolute atomic E-state index is 13.2. The standard InChI is InChI=1S/C33H36N4O4S/c1-33(2,3)37(32(39)40)20-12-11-19-28(30-36-35-29(42-30)22-13-5-4-6-14-22)34-31(38)41-21-27-25-17-9-7-15-23(25)24-16-8-10-18-26(24)27/h4-10,13-18,27-28H,11-12,19-21H2,1-3H3,(H,34,38)(H,39,40). The highest BCUT2D eigenvalue weighted by Gasteiger charge is 2.30. The van der Waals surface area contributed by atoms with Crippen molar-refractivity contribution >= 4 is 23.5 Å². The van der Waals surface area contributed by atoms with E-state index in [4.69, 9.17) is 4.74 Å². The third-order valence-electron chi connectivity index (χ3n) is 7.56. The maximum atomic E-state index is 13.2. The van der Waals surface area contributed by atoms with E-state index in [1.54, 1.807) is 0 Å². The van der Waals surface area contributed by atoms with E-state index in [0.717, 1.165) is 21.7 Å². The van der Waals surface area contributed by atoms with Crippen LogP contribution >= 0.6 is 11.3 Å². The molecular weight excluding hydrogens is 548 g/mol. The van der Waals surface area contributed by atoms with Crippen LogP contribution in [0.25, 0.3) is 21.7 Å². The molecule has 0 bridgehead atoms. The summed E-state index contributed by atoms with van der Waals surface area (Å²) in [4.78, 5) is 26.4. The molecule has 0 aliphatic heterocycles. The molecule has 2 amide bonds. The molecule has 1 aliphatic carbocycles. The van der Waals surface area contributed by atoms with Gasteiger partial charge in [0.05, 0.1) is 6.04 Å². The average molecular weight is 585 g/mol. The Hall–Kier alpha value is -4.24. The van der Waals surface area contributed by atoms with Gasteiger partial charge in [-0.3, -0.25) is 0 Å². The summed E-state index contributed by atoms with van der Waals surface area (Å²) in [6.45, 7) is 6.28. The highest BCUT2D eigenvalue weighted by atomic mass is 32.1. The van der Waals surface area contributed by atoms with Crippen LogP contribution in [-0.4, -0.2) is 51.1 Å². The quantitative estimate of drug-likeness (QED) is 0.185. The Labute approximate surface area is 250 Å². The molecule has 3 aromatic carbocycles. The van der Waals surface area contributed by atoms with Crippen molar-refractivity contribution in [1.29, 1.82) is 0 Å². The van der Waals surface area contributed by atoms with Crippen molar-refractivity contribution in [1.82, 2.24) is 20.4 Å². The predicted molar refractivity (Wildman–Crippen MR) is 165 cm³/mol. The summed E-state index contributed by atoms with van der Waals surface area (Å²) >= 11 is 1.44. The lowest BCUT2D eigenvalue weighted by Crippen LogP contribution is -2.45. The number of unbranched alkanes of at least 4 members (excludes halogenated alkanes) is 1. The highest BCUT2D eigenvalue weighted by molar-refractivity contribution is 7.14. The van der Waals surface area contributed by atoms with Crippen molar-refractivity contribution in [3.63, 3.8) is 0 Å². The summed E-state index contributed by atoms with van der Waals surface area (Å²) in [5.74, 6) is -0.0350. The van der Waals surface area contributed by atoms with Crippen molar-refractivity contribution in [2.75, 3.05) is 13.2 Å². The third kappa shape index (κ3) is 6.62. The van der Waals surface area contributed by atoms with Crippen LogP contribution in [0.3, 0.4) is 0 Å². The summed E-state index contributed by atoms with van der Waals surface area (Å²) in [6.07, 6.45) is 0.462. The van der Waals surface area contributed by atoms with Gasteiger partial charge in [-0.25, -0.2) is 9.59 Å². The number of amides is 2. The van der Waals surface area contributed by atoms with Gasteiger partial charge in [0, 0.05) is 23.6 Å². The summed E-state index contributed by atoms with van der Waals surface area (Å²) in [6, 6.07) is 25.9. The first-order valence-corrected chi connectivity index (χ1v) is 15.0. The first kappa shape index (κ1) is 29.3. The molecule has 1 heterocycles. The molecule has 42 heavy (non-hydrogen) atoms. The number of rotatable bonds is 10. The van der Waals surface area contributed by atoms with E-state index < -0.39 is 23.8 Å². The number of carbonyl (C=O) groups excluding carboxylic acids is 1. The number of ether oxygens (including phenoxy) is 1. The molecule has 0 saturated heterocycles. The highest BCUT2D eigenvalue weighted by Crippen LogP contribution is 2.44. The van der Waals surface area contributed by atoms with Crippen LogP contribution in [0.2, 0.25) is 0 Å². The van der Waals surface area contributed by atoms with Crippen LogP contribution in [0.5, 0.6) is 0 Å². The van der Waals surface area contributed by atoms with Crippen LogP contribution in [0.1, 0.15) is 68.1 Å². The molecule has 8 nitrogen and oxygen atoms in total. The fraction of sp³-hybridized carbons (Fsp3) is 0.333. The Balaban J connectivity index is 1.27. The van der Waals surface area contributed by atoms with Gasteiger partial charge < -0.3 is 20.1 Å². The Morgan fingerprint density at radius 2 is 1.55 bits per heavy atom. The maximum Gasteiger partial charge on any atom is 0.407 e. The molecule has 1 aromatic heterocycles. The van der Waals surface area contributed by atoms with E-state index in [2.05, 4.69) is 39.8 Å². The van der Waals surface area contributed by atoms with E-state index in [1.807, 2.05) is 75.4 Å². The van der Waals surface area contributed by atoms with Crippen molar-refractivity contribution in [3.8, 4) is 21.7 Å². The number of aromatic nitrogens is 2. The van der Waals surface area contributed by atoms with Gasteiger partial charge >= 0.3 is 12.2 Å². The molecule has 0 saturated carbocycles. The van der Waals surface area contributed by atoms with Gasteiger partial charge in [0.2, 0.25) is 0 Å². The zero-order valence-electron chi connectivity index (χ0n) is 24.1. The largest absolute Gasteiger partial charge is 0.465 e. The predicted octanol–water partition coefficient (Wildman–Crippen LogP) is 7.73. The molecule has 218 valence electrons. The topological polar surface area (TPSA) is 105 Å². The number of nitrogens with one attached hydrogen (secondary N) is 1. The van der Waals surface area contributed by atoms with E-state index in [9.17, 15) is 14.7 Å². The molecule has 9 heteroatoms. The van der Waals surface area contributed by atoms with E-state index in [1.165, 1.54) is 27.4 Å². The van der Waals surface area contributed by atoms with Crippen molar-refractivity contribution < 1.29 is 19.4 Å². The number of benzene rings is 3. The van der Waals surface area contributed by atoms with Gasteiger partial charge in [-0.15, -0.1) is 10.2 Å². The number of fused-ring (bicyclic) bond motifs is 3. The molecule has 1 aliphatic rings. The minimum absolute atomic E-state index is 0.0350. The van der Waals surface area contributed by atoms with Gasteiger partial charge in [0.1, 0.15) is 16.6 Å². The van der Waals surface area contributed by atoms with Gasteiger partial charge in [-0.1, -0.05) is 90.2 Å². The summed E-state index contributed by atoms with van der Waals surface area (Å²) < 4.78 is 5.82. The zero-order chi connectivity index (χ0) is 29.7. The molecule has 2 N–H and O–H groups in total. The molecule has 0 spiro atoms. The van der Waals surface area contributed by atoms with Crippen LogP contribution in [-0.2, 0) is 4.74 Å². The molecule has 4 aromatic rings. The van der Waals surface area contributed by atoms with Crippen LogP contribution in [0, 0.1) is 0 Å². The van der Waals surface area contributed by atoms with Crippen LogP contribution in [0.4, 0.5) is 9.59 Å². The number of hydrogen-bond acceptors (Lipinski definition) is 6. The third-order valence-corrected chi connectivity index (χ3v) is 8.65. The summed E-state index contributed by atoms with van der Waals surface area (Å²) in [5, 5.41) is 22.9.